The number of rotatable bonds is 5. The van der Waals surface area contributed by atoms with Crippen molar-refractivity contribution < 1.29 is 15.3 Å². The normalized spacial score (nSPS) is 42.1. The van der Waals surface area contributed by atoms with Crippen molar-refractivity contribution in [2.24, 2.45) is 29.1 Å². The Morgan fingerprint density at radius 1 is 1.10 bits per heavy atom. The third kappa shape index (κ3) is 4.40. The second-order valence-corrected chi connectivity index (χ2v) is 10.7. The van der Waals surface area contributed by atoms with Crippen LogP contribution in [0.1, 0.15) is 71.6 Å². The molecule has 4 aliphatic rings. The van der Waals surface area contributed by atoms with Gasteiger partial charge >= 0.3 is 0 Å². The van der Waals surface area contributed by atoms with Gasteiger partial charge in [-0.05, 0) is 91.6 Å². The van der Waals surface area contributed by atoms with Crippen molar-refractivity contribution >= 4 is 0 Å². The zero-order chi connectivity index (χ0) is 21.5. The van der Waals surface area contributed by atoms with E-state index in [1.807, 2.05) is 0 Å². The first-order valence-electron chi connectivity index (χ1n) is 12.1. The van der Waals surface area contributed by atoms with Crippen LogP contribution in [0.5, 0.6) is 0 Å². The number of hydrogen-bond donors (Lipinski definition) is 3. The standard InChI is InChI=1S/C27H40O3/c1-17(6-13-25(29)20-8-9-20)23-11-12-24-19(5-4-14-27(23,24)3)7-10-21-15-22(28)16-26(30)18(21)2/h6-7,10,13,17,20,22-26,28-30H,2,4-5,8-9,11-12,14-16H2,1,3H3/b13-6+,19-7+,21-10-/t17-,22-,23+,24-,25-,26-,27-/m1/s1. The van der Waals surface area contributed by atoms with Gasteiger partial charge < -0.3 is 15.3 Å². The summed E-state index contributed by atoms with van der Waals surface area (Å²) in [5.74, 6) is 2.28. The van der Waals surface area contributed by atoms with E-state index in [2.05, 4.69) is 44.7 Å². The van der Waals surface area contributed by atoms with Crippen LogP contribution in [0, 0.1) is 29.1 Å². The number of hydrogen-bond acceptors (Lipinski definition) is 3. The average Bonchev–Trinajstić information content (AvgIpc) is 3.49. The lowest BCUT2D eigenvalue weighted by molar-refractivity contribution is 0.0862. The highest BCUT2D eigenvalue weighted by Gasteiger charge is 2.50. The Labute approximate surface area is 182 Å². The Balaban J connectivity index is 1.48. The molecule has 0 unspecified atom stereocenters. The van der Waals surface area contributed by atoms with Crippen molar-refractivity contribution in [3.8, 4) is 0 Å². The van der Waals surface area contributed by atoms with Crippen LogP contribution in [-0.4, -0.2) is 33.6 Å². The number of aliphatic hydroxyl groups excluding tert-OH is 3. The molecule has 4 saturated carbocycles. The summed E-state index contributed by atoms with van der Waals surface area (Å²) in [5, 5.41) is 30.4. The molecule has 0 aromatic rings. The zero-order valence-corrected chi connectivity index (χ0v) is 18.8. The monoisotopic (exact) mass is 412 g/mol. The average molecular weight is 413 g/mol. The Morgan fingerprint density at radius 3 is 2.60 bits per heavy atom. The third-order valence-corrected chi connectivity index (χ3v) is 8.65. The van der Waals surface area contributed by atoms with E-state index in [4.69, 9.17) is 0 Å². The highest BCUT2D eigenvalue weighted by molar-refractivity contribution is 5.38. The van der Waals surface area contributed by atoms with Crippen molar-refractivity contribution in [3.05, 3.63) is 47.6 Å². The van der Waals surface area contributed by atoms with Gasteiger partial charge in [0.1, 0.15) is 0 Å². The van der Waals surface area contributed by atoms with E-state index < -0.39 is 12.2 Å². The second kappa shape index (κ2) is 8.76. The van der Waals surface area contributed by atoms with Crippen LogP contribution in [-0.2, 0) is 0 Å². The molecule has 4 rings (SSSR count). The SMILES string of the molecule is C=C1/C(=C\C=C2/CCC[C@@]3(C)[C@@H]2CC[C@H]3[C@H](C)/C=C/[C@@H](O)C2CC2)C[C@@H](O)C[C@H]1O. The molecule has 0 spiro atoms. The maximum absolute atomic E-state index is 10.2. The minimum Gasteiger partial charge on any atom is -0.393 e. The highest BCUT2D eigenvalue weighted by Crippen LogP contribution is 2.59. The highest BCUT2D eigenvalue weighted by atomic mass is 16.3. The molecular formula is C27H40O3. The van der Waals surface area contributed by atoms with Crippen molar-refractivity contribution in [3.63, 3.8) is 0 Å². The van der Waals surface area contributed by atoms with Gasteiger partial charge in [-0.3, -0.25) is 0 Å². The van der Waals surface area contributed by atoms with Crippen LogP contribution in [0.4, 0.5) is 0 Å². The molecule has 0 aromatic carbocycles. The molecule has 3 nitrogen and oxygen atoms in total. The molecule has 30 heavy (non-hydrogen) atoms. The summed E-state index contributed by atoms with van der Waals surface area (Å²) in [4.78, 5) is 0. The molecule has 4 aliphatic carbocycles. The number of fused-ring (bicyclic) bond motifs is 1. The van der Waals surface area contributed by atoms with E-state index in [0.717, 1.165) is 17.6 Å². The Hall–Kier alpha value is -1.16. The van der Waals surface area contributed by atoms with Crippen LogP contribution in [0.15, 0.2) is 47.6 Å². The summed E-state index contributed by atoms with van der Waals surface area (Å²) in [7, 11) is 0. The van der Waals surface area contributed by atoms with Crippen LogP contribution in [0.3, 0.4) is 0 Å². The fourth-order valence-corrected chi connectivity index (χ4v) is 6.63. The van der Waals surface area contributed by atoms with E-state index in [1.165, 1.54) is 44.1 Å². The first-order chi connectivity index (χ1) is 14.3. The van der Waals surface area contributed by atoms with Crippen LogP contribution < -0.4 is 0 Å². The lowest BCUT2D eigenvalue weighted by atomic mass is 9.61. The predicted octanol–water partition coefficient (Wildman–Crippen LogP) is 5.09. The van der Waals surface area contributed by atoms with Gasteiger partial charge in [-0.1, -0.05) is 50.3 Å². The minimum atomic E-state index is -0.621. The van der Waals surface area contributed by atoms with Gasteiger partial charge in [0, 0.05) is 6.42 Å². The molecular weight excluding hydrogens is 372 g/mol. The Morgan fingerprint density at radius 2 is 1.87 bits per heavy atom. The molecule has 0 bridgehead atoms. The smallest absolute Gasteiger partial charge is 0.0811 e. The van der Waals surface area contributed by atoms with E-state index >= 15 is 0 Å². The van der Waals surface area contributed by atoms with Gasteiger partial charge in [-0.2, -0.15) is 0 Å². The predicted molar refractivity (Wildman–Crippen MR) is 122 cm³/mol. The van der Waals surface area contributed by atoms with Crippen molar-refractivity contribution in [2.75, 3.05) is 0 Å². The summed E-state index contributed by atoms with van der Waals surface area (Å²) in [6.07, 6.45) is 16.9. The molecule has 0 saturated heterocycles. The Kier molecular flexibility index (Phi) is 6.44. The molecule has 0 aliphatic heterocycles. The lowest BCUT2D eigenvalue weighted by Gasteiger charge is -2.44. The van der Waals surface area contributed by atoms with E-state index in [0.29, 0.717) is 41.9 Å². The van der Waals surface area contributed by atoms with Gasteiger partial charge in [-0.15, -0.1) is 0 Å². The van der Waals surface area contributed by atoms with E-state index in [-0.39, 0.29) is 6.10 Å². The second-order valence-electron chi connectivity index (χ2n) is 10.7. The van der Waals surface area contributed by atoms with Crippen molar-refractivity contribution in [1.82, 2.24) is 0 Å². The number of allylic oxidation sites excluding steroid dienone is 4. The summed E-state index contributed by atoms with van der Waals surface area (Å²) in [5.41, 5.74) is 3.63. The third-order valence-electron chi connectivity index (χ3n) is 8.65. The molecule has 3 N–H and O–H groups in total. The molecule has 7 atom stereocenters. The van der Waals surface area contributed by atoms with Gasteiger partial charge in [-0.25, -0.2) is 0 Å². The van der Waals surface area contributed by atoms with Crippen LogP contribution in [0.2, 0.25) is 0 Å². The minimum absolute atomic E-state index is 0.250. The molecule has 0 heterocycles. The topological polar surface area (TPSA) is 60.7 Å². The van der Waals surface area contributed by atoms with Crippen molar-refractivity contribution in [2.45, 2.75) is 89.9 Å². The molecule has 4 fully saturated rings. The van der Waals surface area contributed by atoms with Gasteiger partial charge in [0.25, 0.3) is 0 Å². The molecule has 166 valence electrons. The molecule has 0 aromatic heterocycles. The molecule has 0 radical (unpaired) electrons. The quantitative estimate of drug-likeness (QED) is 0.551. The maximum Gasteiger partial charge on any atom is 0.0811 e. The van der Waals surface area contributed by atoms with Gasteiger partial charge in [0.15, 0.2) is 0 Å². The molecule has 0 amide bonds. The zero-order valence-electron chi connectivity index (χ0n) is 18.8. The molecule has 3 heteroatoms. The maximum atomic E-state index is 10.2. The van der Waals surface area contributed by atoms with Gasteiger partial charge in [0.2, 0.25) is 0 Å². The summed E-state index contributed by atoms with van der Waals surface area (Å²) in [6.45, 7) is 8.88. The van der Waals surface area contributed by atoms with Crippen molar-refractivity contribution in [1.29, 1.82) is 0 Å². The largest absolute Gasteiger partial charge is 0.393 e. The van der Waals surface area contributed by atoms with Gasteiger partial charge in [0.05, 0.1) is 18.3 Å². The summed E-state index contributed by atoms with van der Waals surface area (Å²) in [6, 6.07) is 0. The summed E-state index contributed by atoms with van der Waals surface area (Å²) >= 11 is 0. The Bertz CT molecular complexity index is 743. The fraction of sp³-hybridized carbons (Fsp3) is 0.704. The first-order valence-corrected chi connectivity index (χ1v) is 12.1. The number of aliphatic hydroxyl groups is 3. The summed E-state index contributed by atoms with van der Waals surface area (Å²) < 4.78 is 0. The van der Waals surface area contributed by atoms with Crippen LogP contribution in [0.25, 0.3) is 0 Å². The lowest BCUT2D eigenvalue weighted by Crippen LogP contribution is -2.35. The van der Waals surface area contributed by atoms with Crippen LogP contribution >= 0.6 is 0 Å². The van der Waals surface area contributed by atoms with E-state index in [1.54, 1.807) is 0 Å². The van der Waals surface area contributed by atoms with E-state index in [9.17, 15) is 15.3 Å². The first kappa shape index (κ1) is 22.0. The fourth-order valence-electron chi connectivity index (χ4n) is 6.63.